The maximum absolute atomic E-state index is 10.6. The molecule has 0 unspecified atom stereocenters. The summed E-state index contributed by atoms with van der Waals surface area (Å²) in [7, 11) is 0. The van der Waals surface area contributed by atoms with E-state index in [0.29, 0.717) is 0 Å². The fourth-order valence-corrected chi connectivity index (χ4v) is 2.91. The van der Waals surface area contributed by atoms with Gasteiger partial charge in [-0.1, -0.05) is 19.1 Å². The van der Waals surface area contributed by atoms with Crippen LogP contribution in [0.15, 0.2) is 29.2 Å². The maximum Gasteiger partial charge on any atom is 0.150 e. The number of hydrogen-bond acceptors (Lipinski definition) is 3. The van der Waals surface area contributed by atoms with Crippen LogP contribution in [0.25, 0.3) is 0 Å². The van der Waals surface area contributed by atoms with Crippen molar-refractivity contribution in [1.29, 1.82) is 0 Å². The summed E-state index contributed by atoms with van der Waals surface area (Å²) in [6.45, 7) is 2.19. The highest BCUT2D eigenvalue weighted by Crippen LogP contribution is 2.20. The molecule has 1 aromatic rings. The van der Waals surface area contributed by atoms with Crippen molar-refractivity contribution in [3.63, 3.8) is 0 Å². The number of aldehydes is 1. The van der Waals surface area contributed by atoms with Crippen molar-refractivity contribution < 1.29 is 4.79 Å². The summed E-state index contributed by atoms with van der Waals surface area (Å²) < 4.78 is 0. The molecule has 0 spiro atoms. The van der Waals surface area contributed by atoms with E-state index in [0.717, 1.165) is 17.6 Å². The van der Waals surface area contributed by atoms with Crippen LogP contribution in [0.2, 0.25) is 0 Å². The molecule has 0 atom stereocenters. The number of carbonyl (C=O) groups is 1. The molecule has 82 valence electrons. The molecule has 1 aromatic carbocycles. The standard InChI is InChI=1S/C12H16OS2/c1-2-14-7-4-8-15-12-6-3-5-11(9-12)10-13/h3,5-6,9-10H,2,4,7-8H2,1H3. The molecule has 1 nitrogen and oxygen atoms in total. The van der Waals surface area contributed by atoms with Gasteiger partial charge < -0.3 is 0 Å². The van der Waals surface area contributed by atoms with Crippen molar-refractivity contribution in [2.75, 3.05) is 17.3 Å². The van der Waals surface area contributed by atoms with E-state index in [9.17, 15) is 4.79 Å². The summed E-state index contributed by atoms with van der Waals surface area (Å²) >= 11 is 3.81. The average Bonchev–Trinajstić information content (AvgIpc) is 2.29. The molecule has 0 aromatic heterocycles. The van der Waals surface area contributed by atoms with E-state index in [1.54, 1.807) is 0 Å². The molecular formula is C12H16OS2. The molecule has 0 saturated carbocycles. The Kier molecular flexibility index (Phi) is 6.60. The number of rotatable bonds is 7. The lowest BCUT2D eigenvalue weighted by molar-refractivity contribution is 0.112. The van der Waals surface area contributed by atoms with Gasteiger partial charge >= 0.3 is 0 Å². The highest BCUT2D eigenvalue weighted by molar-refractivity contribution is 8.00. The number of hydrogen-bond donors (Lipinski definition) is 0. The molecule has 0 radical (unpaired) electrons. The first-order chi connectivity index (χ1) is 7.36. The van der Waals surface area contributed by atoms with Crippen LogP contribution in [-0.4, -0.2) is 23.5 Å². The van der Waals surface area contributed by atoms with E-state index in [1.165, 1.54) is 22.8 Å². The van der Waals surface area contributed by atoms with Gasteiger partial charge in [-0.05, 0) is 35.8 Å². The molecule has 0 heterocycles. The van der Waals surface area contributed by atoms with Gasteiger partial charge in [0.25, 0.3) is 0 Å². The molecule has 0 aliphatic carbocycles. The third-order valence-electron chi connectivity index (χ3n) is 1.90. The number of benzene rings is 1. The molecule has 0 fully saturated rings. The van der Waals surface area contributed by atoms with Crippen molar-refractivity contribution >= 4 is 29.8 Å². The Bertz CT molecular complexity index is 299. The molecule has 1 rings (SSSR count). The molecule has 0 bridgehead atoms. The average molecular weight is 240 g/mol. The fraction of sp³-hybridized carbons (Fsp3) is 0.417. The smallest absolute Gasteiger partial charge is 0.150 e. The Balaban J connectivity index is 2.27. The SMILES string of the molecule is CCSCCCSc1cccc(C=O)c1. The highest BCUT2D eigenvalue weighted by Gasteiger charge is 1.96. The first-order valence-corrected chi connectivity index (χ1v) is 7.26. The normalized spacial score (nSPS) is 10.2. The zero-order chi connectivity index (χ0) is 10.9. The Morgan fingerprint density at radius 3 is 2.93 bits per heavy atom. The van der Waals surface area contributed by atoms with Crippen molar-refractivity contribution in [1.82, 2.24) is 0 Å². The van der Waals surface area contributed by atoms with Crippen LogP contribution in [0, 0.1) is 0 Å². The van der Waals surface area contributed by atoms with Crippen molar-refractivity contribution in [2.24, 2.45) is 0 Å². The Labute approximate surface area is 100 Å². The first-order valence-electron chi connectivity index (χ1n) is 5.12. The van der Waals surface area contributed by atoms with E-state index in [2.05, 4.69) is 13.0 Å². The van der Waals surface area contributed by atoms with Gasteiger partial charge in [0.05, 0.1) is 0 Å². The van der Waals surface area contributed by atoms with Gasteiger partial charge in [0.2, 0.25) is 0 Å². The minimum Gasteiger partial charge on any atom is -0.298 e. The van der Waals surface area contributed by atoms with Crippen molar-refractivity contribution in [2.45, 2.75) is 18.2 Å². The van der Waals surface area contributed by atoms with Gasteiger partial charge in [0, 0.05) is 10.5 Å². The van der Waals surface area contributed by atoms with E-state index in [4.69, 9.17) is 0 Å². The molecular weight excluding hydrogens is 224 g/mol. The van der Waals surface area contributed by atoms with Crippen LogP contribution >= 0.6 is 23.5 Å². The van der Waals surface area contributed by atoms with Gasteiger partial charge in [-0.3, -0.25) is 4.79 Å². The quantitative estimate of drug-likeness (QED) is 0.410. The van der Waals surface area contributed by atoms with E-state index in [-0.39, 0.29) is 0 Å². The van der Waals surface area contributed by atoms with Crippen LogP contribution in [0.5, 0.6) is 0 Å². The second kappa shape index (κ2) is 7.83. The van der Waals surface area contributed by atoms with Crippen LogP contribution in [-0.2, 0) is 0 Å². The third-order valence-corrected chi connectivity index (χ3v) is 3.97. The Hall–Kier alpha value is -0.410. The van der Waals surface area contributed by atoms with Crippen LogP contribution in [0.3, 0.4) is 0 Å². The van der Waals surface area contributed by atoms with Gasteiger partial charge in [-0.25, -0.2) is 0 Å². The third kappa shape index (κ3) is 5.28. The largest absolute Gasteiger partial charge is 0.298 e. The zero-order valence-corrected chi connectivity index (χ0v) is 10.6. The monoisotopic (exact) mass is 240 g/mol. The summed E-state index contributed by atoms with van der Waals surface area (Å²) in [6.07, 6.45) is 2.13. The van der Waals surface area contributed by atoms with Crippen LogP contribution in [0.4, 0.5) is 0 Å². The molecule has 0 aliphatic heterocycles. The molecule has 0 saturated heterocycles. The van der Waals surface area contributed by atoms with E-state index < -0.39 is 0 Å². The van der Waals surface area contributed by atoms with Crippen LogP contribution in [0.1, 0.15) is 23.7 Å². The maximum atomic E-state index is 10.6. The lowest BCUT2D eigenvalue weighted by Gasteiger charge is -2.01. The van der Waals surface area contributed by atoms with Crippen molar-refractivity contribution in [3.8, 4) is 0 Å². The summed E-state index contributed by atoms with van der Waals surface area (Å²) in [5, 5.41) is 0. The second-order valence-corrected chi connectivity index (χ2v) is 5.65. The van der Waals surface area contributed by atoms with Gasteiger partial charge in [0.15, 0.2) is 0 Å². The second-order valence-electron chi connectivity index (χ2n) is 3.09. The minimum atomic E-state index is 0.767. The van der Waals surface area contributed by atoms with Crippen molar-refractivity contribution in [3.05, 3.63) is 29.8 Å². The molecule has 0 N–H and O–H groups in total. The zero-order valence-electron chi connectivity index (χ0n) is 8.94. The lowest BCUT2D eigenvalue weighted by atomic mass is 10.2. The summed E-state index contributed by atoms with van der Waals surface area (Å²) in [5.41, 5.74) is 0.767. The van der Waals surface area contributed by atoms with Gasteiger partial charge in [-0.2, -0.15) is 11.8 Å². The highest BCUT2D eigenvalue weighted by atomic mass is 32.2. The summed E-state index contributed by atoms with van der Waals surface area (Å²) in [4.78, 5) is 11.8. The predicted octanol–water partition coefficient (Wildman–Crippen LogP) is 3.73. The minimum absolute atomic E-state index is 0.767. The van der Waals surface area contributed by atoms with E-state index in [1.807, 2.05) is 41.7 Å². The Morgan fingerprint density at radius 2 is 2.20 bits per heavy atom. The number of thioether (sulfide) groups is 2. The number of carbonyl (C=O) groups excluding carboxylic acids is 1. The van der Waals surface area contributed by atoms with Gasteiger partial charge in [-0.15, -0.1) is 11.8 Å². The summed E-state index contributed by atoms with van der Waals surface area (Å²) in [6, 6.07) is 7.78. The molecule has 0 aliphatic rings. The molecule has 15 heavy (non-hydrogen) atoms. The van der Waals surface area contributed by atoms with Crippen LogP contribution < -0.4 is 0 Å². The van der Waals surface area contributed by atoms with Gasteiger partial charge in [0.1, 0.15) is 6.29 Å². The summed E-state index contributed by atoms with van der Waals surface area (Å²) in [5.74, 6) is 3.57. The topological polar surface area (TPSA) is 17.1 Å². The first kappa shape index (κ1) is 12.7. The fourth-order valence-electron chi connectivity index (χ4n) is 1.17. The molecule has 0 amide bonds. The molecule has 3 heteroatoms. The van der Waals surface area contributed by atoms with E-state index >= 15 is 0 Å². The lowest BCUT2D eigenvalue weighted by Crippen LogP contribution is -1.85. The predicted molar refractivity (Wildman–Crippen MR) is 70.2 cm³/mol. The Morgan fingerprint density at radius 1 is 1.33 bits per heavy atom.